The molecule has 0 radical (unpaired) electrons. The maximum absolute atomic E-state index is 10.6. The Kier molecular flexibility index (Phi) is 2.82. The zero-order valence-electron chi connectivity index (χ0n) is 6.82. The van der Waals surface area contributed by atoms with E-state index in [1.54, 1.807) is 5.41 Å². The van der Waals surface area contributed by atoms with Crippen molar-refractivity contribution in [1.29, 1.82) is 0 Å². The SMILES string of the molecule is NC(=O)NC1(CC(=O)O)CC=CS1. The van der Waals surface area contributed by atoms with Crippen LogP contribution in [0.4, 0.5) is 4.79 Å². The molecule has 0 saturated carbocycles. The molecular weight excluding hydrogens is 192 g/mol. The molecule has 0 spiro atoms. The van der Waals surface area contributed by atoms with Crippen molar-refractivity contribution < 1.29 is 14.7 Å². The summed E-state index contributed by atoms with van der Waals surface area (Å²) in [6.45, 7) is 0. The van der Waals surface area contributed by atoms with Gasteiger partial charge in [0.2, 0.25) is 0 Å². The molecule has 13 heavy (non-hydrogen) atoms. The van der Waals surface area contributed by atoms with Crippen molar-refractivity contribution in [3.63, 3.8) is 0 Å². The number of aliphatic carboxylic acids is 1. The molecule has 0 bridgehead atoms. The third-order valence-electron chi connectivity index (χ3n) is 1.63. The Bertz CT molecular complexity index is 238. The molecular formula is C7H10N2O3S. The second-order valence-electron chi connectivity index (χ2n) is 2.75. The minimum atomic E-state index is -0.954. The molecule has 0 aromatic heterocycles. The lowest BCUT2D eigenvalue weighted by Crippen LogP contribution is -2.48. The maximum atomic E-state index is 10.6. The topological polar surface area (TPSA) is 92.4 Å². The number of urea groups is 1. The van der Waals surface area contributed by atoms with Crippen LogP contribution in [-0.2, 0) is 4.79 Å². The molecule has 1 aliphatic rings. The first-order chi connectivity index (χ1) is 6.04. The second-order valence-corrected chi connectivity index (χ2v) is 4.04. The number of carboxylic acid groups (broad SMARTS) is 1. The van der Waals surface area contributed by atoms with Gasteiger partial charge < -0.3 is 16.2 Å². The molecule has 1 aliphatic heterocycles. The molecule has 1 unspecified atom stereocenters. The van der Waals surface area contributed by atoms with Crippen molar-refractivity contribution >= 4 is 23.8 Å². The first-order valence-corrected chi connectivity index (χ1v) is 4.54. The number of hydrogen-bond acceptors (Lipinski definition) is 3. The summed E-state index contributed by atoms with van der Waals surface area (Å²) in [5.74, 6) is -0.954. The lowest BCUT2D eigenvalue weighted by Gasteiger charge is -2.26. The minimum absolute atomic E-state index is 0.131. The van der Waals surface area contributed by atoms with Gasteiger partial charge in [0, 0.05) is 0 Å². The number of primary amides is 1. The molecule has 0 aromatic carbocycles. The molecule has 6 heteroatoms. The van der Waals surface area contributed by atoms with Crippen LogP contribution in [0.15, 0.2) is 11.5 Å². The summed E-state index contributed by atoms with van der Waals surface area (Å²) in [6, 6.07) is -0.697. The van der Waals surface area contributed by atoms with Crippen LogP contribution in [-0.4, -0.2) is 22.0 Å². The maximum Gasteiger partial charge on any atom is 0.313 e. The van der Waals surface area contributed by atoms with Crippen molar-refractivity contribution in [3.05, 3.63) is 11.5 Å². The third kappa shape index (κ3) is 2.66. The predicted molar refractivity (Wildman–Crippen MR) is 49.1 cm³/mol. The van der Waals surface area contributed by atoms with E-state index in [1.807, 2.05) is 6.08 Å². The van der Waals surface area contributed by atoms with Gasteiger partial charge in [0.15, 0.2) is 0 Å². The van der Waals surface area contributed by atoms with E-state index in [2.05, 4.69) is 5.32 Å². The van der Waals surface area contributed by atoms with E-state index in [4.69, 9.17) is 10.8 Å². The van der Waals surface area contributed by atoms with Gasteiger partial charge in [-0.1, -0.05) is 6.08 Å². The number of hydrogen-bond donors (Lipinski definition) is 3. The molecule has 72 valence electrons. The molecule has 0 fully saturated rings. The highest BCUT2D eigenvalue weighted by Crippen LogP contribution is 2.36. The first-order valence-electron chi connectivity index (χ1n) is 3.66. The normalized spacial score (nSPS) is 25.8. The smallest absolute Gasteiger partial charge is 0.313 e. The molecule has 2 amide bonds. The fourth-order valence-electron chi connectivity index (χ4n) is 1.17. The third-order valence-corrected chi connectivity index (χ3v) is 2.82. The van der Waals surface area contributed by atoms with E-state index < -0.39 is 16.9 Å². The predicted octanol–water partition coefficient (Wildman–Crippen LogP) is 0.476. The van der Waals surface area contributed by atoms with Gasteiger partial charge in [0.25, 0.3) is 0 Å². The fraction of sp³-hybridized carbons (Fsp3) is 0.429. The van der Waals surface area contributed by atoms with Gasteiger partial charge in [-0.2, -0.15) is 0 Å². The molecule has 1 atom stereocenters. The molecule has 5 nitrogen and oxygen atoms in total. The Morgan fingerprint density at radius 3 is 2.77 bits per heavy atom. The number of carboxylic acids is 1. The summed E-state index contributed by atoms with van der Waals surface area (Å²) in [6.07, 6.45) is 2.17. The number of thioether (sulfide) groups is 1. The Balaban J connectivity index is 2.64. The number of amides is 2. The van der Waals surface area contributed by atoms with Crippen LogP contribution in [0, 0.1) is 0 Å². The van der Waals surface area contributed by atoms with Gasteiger partial charge in [0.1, 0.15) is 4.87 Å². The lowest BCUT2D eigenvalue weighted by molar-refractivity contribution is -0.137. The van der Waals surface area contributed by atoms with Crippen molar-refractivity contribution in [3.8, 4) is 0 Å². The van der Waals surface area contributed by atoms with Crippen molar-refractivity contribution in [1.82, 2.24) is 5.32 Å². The van der Waals surface area contributed by atoms with Crippen LogP contribution in [0.1, 0.15) is 12.8 Å². The van der Waals surface area contributed by atoms with Gasteiger partial charge in [-0.15, -0.1) is 11.8 Å². The van der Waals surface area contributed by atoms with E-state index in [0.717, 1.165) is 0 Å². The highest BCUT2D eigenvalue weighted by molar-refractivity contribution is 8.03. The molecule has 0 saturated heterocycles. The number of nitrogens with one attached hydrogen (secondary N) is 1. The van der Waals surface area contributed by atoms with Crippen LogP contribution in [0.25, 0.3) is 0 Å². The molecule has 1 heterocycles. The van der Waals surface area contributed by atoms with Gasteiger partial charge in [0.05, 0.1) is 6.42 Å². The van der Waals surface area contributed by atoms with Crippen LogP contribution < -0.4 is 11.1 Å². The second kappa shape index (κ2) is 3.69. The Hall–Kier alpha value is -1.17. The monoisotopic (exact) mass is 202 g/mol. The van der Waals surface area contributed by atoms with Crippen LogP contribution in [0.5, 0.6) is 0 Å². The van der Waals surface area contributed by atoms with Gasteiger partial charge in [-0.25, -0.2) is 4.79 Å². The quantitative estimate of drug-likeness (QED) is 0.620. The van der Waals surface area contributed by atoms with Crippen molar-refractivity contribution in [2.24, 2.45) is 5.73 Å². The number of carbonyl (C=O) groups excluding carboxylic acids is 1. The highest BCUT2D eigenvalue weighted by atomic mass is 32.2. The van der Waals surface area contributed by atoms with Gasteiger partial charge in [-0.3, -0.25) is 4.79 Å². The van der Waals surface area contributed by atoms with Gasteiger partial charge >= 0.3 is 12.0 Å². The summed E-state index contributed by atoms with van der Waals surface area (Å²) in [5, 5.41) is 12.8. The zero-order valence-corrected chi connectivity index (χ0v) is 7.63. The fourth-order valence-corrected chi connectivity index (χ4v) is 2.18. The number of rotatable bonds is 3. The highest BCUT2D eigenvalue weighted by Gasteiger charge is 2.35. The average Bonchev–Trinajstić information content (AvgIpc) is 2.33. The summed E-state index contributed by atoms with van der Waals surface area (Å²) >= 11 is 1.27. The van der Waals surface area contributed by atoms with E-state index in [-0.39, 0.29) is 6.42 Å². The molecule has 4 N–H and O–H groups in total. The van der Waals surface area contributed by atoms with Crippen molar-refractivity contribution in [2.75, 3.05) is 0 Å². The number of carbonyl (C=O) groups is 2. The van der Waals surface area contributed by atoms with Crippen LogP contribution >= 0.6 is 11.8 Å². The van der Waals surface area contributed by atoms with Crippen LogP contribution in [0.3, 0.4) is 0 Å². The Morgan fingerprint density at radius 2 is 2.38 bits per heavy atom. The molecule has 1 rings (SSSR count). The summed E-state index contributed by atoms with van der Waals surface area (Å²) in [4.78, 5) is 20.3. The summed E-state index contributed by atoms with van der Waals surface area (Å²) in [5.41, 5.74) is 4.95. The lowest BCUT2D eigenvalue weighted by atomic mass is 10.1. The first kappa shape index (κ1) is 9.91. The van der Waals surface area contributed by atoms with Crippen molar-refractivity contribution in [2.45, 2.75) is 17.7 Å². The zero-order chi connectivity index (χ0) is 9.90. The van der Waals surface area contributed by atoms with Crippen LogP contribution in [0.2, 0.25) is 0 Å². The molecule has 0 aliphatic carbocycles. The summed E-state index contributed by atoms with van der Waals surface area (Å²) < 4.78 is 0. The number of nitrogens with two attached hydrogens (primary N) is 1. The van der Waals surface area contributed by atoms with Gasteiger partial charge in [-0.05, 0) is 11.8 Å². The van der Waals surface area contributed by atoms with E-state index >= 15 is 0 Å². The Morgan fingerprint density at radius 1 is 1.69 bits per heavy atom. The molecule has 0 aromatic rings. The summed E-state index contributed by atoms with van der Waals surface area (Å²) in [7, 11) is 0. The Labute approximate surface area is 79.4 Å². The van der Waals surface area contributed by atoms with E-state index in [1.165, 1.54) is 11.8 Å². The average molecular weight is 202 g/mol. The standard InChI is InChI=1S/C7H10N2O3S/c8-6(12)9-7(4-5(10)11)2-1-3-13-7/h1,3H,2,4H2,(H,10,11)(H3,8,9,12). The largest absolute Gasteiger partial charge is 0.481 e. The van der Waals surface area contributed by atoms with E-state index in [9.17, 15) is 9.59 Å². The van der Waals surface area contributed by atoms with E-state index in [0.29, 0.717) is 6.42 Å². The minimum Gasteiger partial charge on any atom is -0.481 e.